The number of carbonyl (C=O) groups excluding carboxylic acids is 3. The van der Waals surface area contributed by atoms with Crippen LogP contribution in [0.25, 0.3) is 16.6 Å². The molecule has 9 nitrogen and oxygen atoms in total. The molecule has 2 aromatic carbocycles. The van der Waals surface area contributed by atoms with Crippen molar-refractivity contribution in [3.05, 3.63) is 70.7 Å². The van der Waals surface area contributed by atoms with E-state index in [0.29, 0.717) is 24.0 Å². The number of unbranched alkanes of at least 4 members (excludes halogenated alkanes) is 1. The highest BCUT2D eigenvalue weighted by Gasteiger charge is 2.35. The highest BCUT2D eigenvalue weighted by Crippen LogP contribution is 2.25. The predicted molar refractivity (Wildman–Crippen MR) is 118 cm³/mol. The van der Waals surface area contributed by atoms with Crippen molar-refractivity contribution in [1.29, 1.82) is 5.26 Å². The van der Waals surface area contributed by atoms with Crippen molar-refractivity contribution in [3.63, 3.8) is 0 Å². The molecule has 166 valence electrons. The molecule has 3 aromatic rings. The van der Waals surface area contributed by atoms with Gasteiger partial charge in [0.2, 0.25) is 0 Å². The number of aromatic nitrogens is 2. The summed E-state index contributed by atoms with van der Waals surface area (Å²) in [4.78, 5) is 45.9. The van der Waals surface area contributed by atoms with Gasteiger partial charge in [0.1, 0.15) is 18.2 Å². The number of esters is 1. The lowest BCUT2D eigenvalue weighted by atomic mass is 10.1. The lowest BCUT2D eigenvalue weighted by Crippen LogP contribution is -2.30. The van der Waals surface area contributed by atoms with E-state index in [2.05, 4.69) is 9.97 Å². The first-order valence-corrected chi connectivity index (χ1v) is 10.4. The molecule has 33 heavy (non-hydrogen) atoms. The van der Waals surface area contributed by atoms with E-state index >= 15 is 0 Å². The number of amides is 2. The van der Waals surface area contributed by atoms with E-state index in [1.165, 1.54) is 23.1 Å². The van der Waals surface area contributed by atoms with Crippen LogP contribution in [0.15, 0.2) is 48.2 Å². The Hall–Kier alpha value is -4.45. The Balaban J connectivity index is 1.50. The molecule has 9 heteroatoms. The molecule has 2 amide bonds. The zero-order chi connectivity index (χ0) is 23.5. The maximum atomic E-state index is 12.6. The number of aliphatic hydroxyl groups is 1. The molecule has 1 aliphatic heterocycles. The number of carbonyl (C=O) groups is 3. The van der Waals surface area contributed by atoms with Crippen LogP contribution in [0.3, 0.4) is 0 Å². The fraction of sp³-hybridized carbons (Fsp3) is 0.208. The van der Waals surface area contributed by atoms with Crippen molar-refractivity contribution in [1.82, 2.24) is 14.9 Å². The molecular formula is C24H20N4O5. The van der Waals surface area contributed by atoms with Crippen LogP contribution in [0.5, 0.6) is 0 Å². The number of ether oxygens (including phenoxy) is 1. The van der Waals surface area contributed by atoms with Crippen molar-refractivity contribution in [3.8, 4) is 6.07 Å². The van der Waals surface area contributed by atoms with Crippen molar-refractivity contribution in [2.75, 3.05) is 13.2 Å². The Morgan fingerprint density at radius 1 is 1.18 bits per heavy atom. The maximum Gasteiger partial charge on any atom is 0.338 e. The fourth-order valence-corrected chi connectivity index (χ4v) is 3.55. The van der Waals surface area contributed by atoms with Gasteiger partial charge >= 0.3 is 5.97 Å². The number of aliphatic hydroxyl groups excluding tert-OH is 1. The molecule has 2 heterocycles. The second-order valence-corrected chi connectivity index (χ2v) is 7.49. The van der Waals surface area contributed by atoms with Gasteiger partial charge in [0.15, 0.2) is 11.6 Å². The van der Waals surface area contributed by atoms with Gasteiger partial charge in [0, 0.05) is 6.54 Å². The van der Waals surface area contributed by atoms with Gasteiger partial charge in [-0.25, -0.2) is 9.78 Å². The van der Waals surface area contributed by atoms with Gasteiger partial charge in [-0.3, -0.25) is 14.5 Å². The molecule has 0 saturated carbocycles. The lowest BCUT2D eigenvalue weighted by molar-refractivity contribution is 0.0502. The van der Waals surface area contributed by atoms with E-state index in [4.69, 9.17) is 4.74 Å². The molecule has 2 N–H and O–H groups in total. The normalized spacial score (nSPS) is 13.6. The molecule has 0 spiro atoms. The molecule has 0 bridgehead atoms. The number of aromatic amines is 1. The third-order valence-electron chi connectivity index (χ3n) is 5.31. The van der Waals surface area contributed by atoms with Gasteiger partial charge in [-0.1, -0.05) is 25.5 Å². The number of imide groups is 1. The van der Waals surface area contributed by atoms with Gasteiger partial charge in [0.25, 0.3) is 11.8 Å². The third kappa shape index (κ3) is 4.06. The Labute approximate surface area is 188 Å². The highest BCUT2D eigenvalue weighted by atomic mass is 16.5. The summed E-state index contributed by atoms with van der Waals surface area (Å²) in [6.45, 7) is 1.72. The molecule has 1 aliphatic rings. The number of imidazole rings is 1. The summed E-state index contributed by atoms with van der Waals surface area (Å²) in [6, 6.07) is 13.1. The van der Waals surface area contributed by atoms with Gasteiger partial charge in [-0.2, -0.15) is 5.26 Å². The standard InChI is InChI=1S/C24H20N4O5/c1-2-3-10-28-22(30)15-9-8-14(11-16(15)23(28)31)24(32)33-13-20(29)17(12-25)21-26-18-6-4-5-7-19(18)27-21/h4-9,11,29H,2-3,10,13H2,1H3,(H,26,27)/b20-17-. The molecule has 0 saturated heterocycles. The van der Waals surface area contributed by atoms with Crippen molar-refractivity contribution in [2.24, 2.45) is 0 Å². The van der Waals surface area contributed by atoms with E-state index in [-0.39, 0.29) is 34.0 Å². The minimum atomic E-state index is -0.807. The number of nitrogens with zero attached hydrogens (tertiary/aromatic N) is 3. The molecule has 0 aliphatic carbocycles. The van der Waals surface area contributed by atoms with E-state index in [1.54, 1.807) is 24.3 Å². The number of rotatable bonds is 7. The SMILES string of the molecule is CCCCN1C(=O)c2ccc(C(=O)OC/C(O)=C(\C#N)c3nc4ccccc4[nH]3)cc2C1=O. The average molecular weight is 444 g/mol. The van der Waals surface area contributed by atoms with Gasteiger partial charge in [-0.15, -0.1) is 0 Å². The number of fused-ring (bicyclic) bond motifs is 2. The van der Waals surface area contributed by atoms with Crippen LogP contribution in [0.1, 0.15) is 56.7 Å². The smallest absolute Gasteiger partial charge is 0.338 e. The fourth-order valence-electron chi connectivity index (χ4n) is 3.55. The number of allylic oxidation sites excluding steroid dienone is 1. The van der Waals surface area contributed by atoms with Gasteiger partial charge in [-0.05, 0) is 36.8 Å². The second kappa shape index (κ2) is 8.96. The lowest BCUT2D eigenvalue weighted by Gasteiger charge is -2.12. The number of benzene rings is 2. The third-order valence-corrected chi connectivity index (χ3v) is 5.31. The molecular weight excluding hydrogens is 424 g/mol. The molecule has 0 radical (unpaired) electrons. The average Bonchev–Trinajstić information content (AvgIpc) is 3.35. The summed E-state index contributed by atoms with van der Waals surface area (Å²) in [6.07, 6.45) is 1.53. The summed E-state index contributed by atoms with van der Waals surface area (Å²) in [5.41, 5.74) is 1.60. The number of H-pyrrole nitrogens is 1. The Morgan fingerprint density at radius 2 is 1.94 bits per heavy atom. The van der Waals surface area contributed by atoms with Crippen molar-refractivity contribution >= 4 is 34.4 Å². The zero-order valence-electron chi connectivity index (χ0n) is 17.8. The van der Waals surface area contributed by atoms with Crippen molar-refractivity contribution < 1.29 is 24.2 Å². The van der Waals surface area contributed by atoms with Crippen LogP contribution in [0.2, 0.25) is 0 Å². The summed E-state index contributed by atoms with van der Waals surface area (Å²) in [5, 5.41) is 19.8. The Bertz CT molecular complexity index is 1320. The highest BCUT2D eigenvalue weighted by molar-refractivity contribution is 6.21. The van der Waals surface area contributed by atoms with Crippen LogP contribution in [0, 0.1) is 11.3 Å². The molecule has 0 unspecified atom stereocenters. The topological polar surface area (TPSA) is 136 Å². The number of nitrogens with one attached hydrogen (secondary N) is 1. The first-order valence-electron chi connectivity index (χ1n) is 10.4. The quantitative estimate of drug-likeness (QED) is 0.246. The maximum absolute atomic E-state index is 12.6. The Kier molecular flexibility index (Phi) is 5.91. The van der Waals surface area contributed by atoms with Crippen molar-refractivity contribution in [2.45, 2.75) is 19.8 Å². The zero-order valence-corrected chi connectivity index (χ0v) is 17.8. The van der Waals surface area contributed by atoms with Crippen LogP contribution in [-0.2, 0) is 4.74 Å². The van der Waals surface area contributed by atoms with Crippen LogP contribution in [-0.4, -0.2) is 50.9 Å². The van der Waals surface area contributed by atoms with E-state index < -0.39 is 24.2 Å². The summed E-state index contributed by atoms with van der Waals surface area (Å²) < 4.78 is 5.13. The first kappa shape index (κ1) is 21.8. The second-order valence-electron chi connectivity index (χ2n) is 7.49. The number of hydrogen-bond acceptors (Lipinski definition) is 7. The summed E-state index contributed by atoms with van der Waals surface area (Å²) in [5.74, 6) is -1.95. The van der Waals surface area contributed by atoms with Gasteiger partial charge < -0.3 is 14.8 Å². The van der Waals surface area contributed by atoms with E-state index in [0.717, 1.165) is 6.42 Å². The molecule has 0 atom stereocenters. The minimum absolute atomic E-state index is 0.0577. The Morgan fingerprint density at radius 3 is 2.67 bits per heavy atom. The molecule has 1 aromatic heterocycles. The molecule has 0 fully saturated rings. The van der Waals surface area contributed by atoms with Gasteiger partial charge in [0.05, 0.1) is 27.7 Å². The monoisotopic (exact) mass is 444 g/mol. The van der Waals surface area contributed by atoms with Crippen LogP contribution in [0.4, 0.5) is 0 Å². The van der Waals surface area contributed by atoms with Crippen LogP contribution >= 0.6 is 0 Å². The largest absolute Gasteiger partial charge is 0.507 e. The summed E-state index contributed by atoms with van der Waals surface area (Å²) >= 11 is 0. The number of hydrogen-bond donors (Lipinski definition) is 2. The number of para-hydroxylation sites is 2. The molecule has 4 rings (SSSR count). The first-order chi connectivity index (χ1) is 15.9. The van der Waals surface area contributed by atoms with E-state index in [1.807, 2.05) is 13.0 Å². The summed E-state index contributed by atoms with van der Waals surface area (Å²) in [7, 11) is 0. The predicted octanol–water partition coefficient (Wildman–Crippen LogP) is 3.61. The minimum Gasteiger partial charge on any atom is -0.507 e. The number of nitriles is 1. The van der Waals surface area contributed by atoms with Crippen LogP contribution < -0.4 is 0 Å². The van der Waals surface area contributed by atoms with E-state index in [9.17, 15) is 24.8 Å².